The van der Waals surface area contributed by atoms with Crippen molar-refractivity contribution in [3.05, 3.63) is 17.9 Å². The number of nitrogen functional groups attached to an aromatic ring is 1. The van der Waals surface area contributed by atoms with Crippen LogP contribution in [0.15, 0.2) is 12.1 Å². The molecule has 2 N–H and O–H groups in total. The standard InChI is InChI=1S/C6H4FN3S/c7-3-1-2-4-6(5(3)8)10-11-9-4/h1-2H,8H2. The molecule has 1 aromatic carbocycles. The second-order valence-electron chi connectivity index (χ2n) is 2.09. The van der Waals surface area contributed by atoms with Gasteiger partial charge in [-0.15, -0.1) is 0 Å². The first-order chi connectivity index (χ1) is 5.29. The topological polar surface area (TPSA) is 51.8 Å². The molecule has 1 heterocycles. The molecular formula is C6H4FN3S. The predicted molar refractivity (Wildman–Crippen MR) is 41.8 cm³/mol. The lowest BCUT2D eigenvalue weighted by Gasteiger charge is -1.93. The first-order valence-electron chi connectivity index (χ1n) is 2.95. The number of nitrogens with zero attached hydrogens (tertiary/aromatic N) is 2. The van der Waals surface area contributed by atoms with E-state index in [1.165, 1.54) is 6.07 Å². The zero-order valence-corrected chi connectivity index (χ0v) is 6.23. The molecule has 1 aromatic heterocycles. The Balaban J connectivity index is 2.93. The lowest BCUT2D eigenvalue weighted by atomic mass is 10.2. The molecule has 3 nitrogen and oxygen atoms in total. The maximum absolute atomic E-state index is 12.7. The lowest BCUT2D eigenvalue weighted by molar-refractivity contribution is 0.634. The average molecular weight is 169 g/mol. The summed E-state index contributed by atoms with van der Waals surface area (Å²) in [4.78, 5) is 0. The van der Waals surface area contributed by atoms with E-state index in [0.717, 1.165) is 11.7 Å². The first kappa shape index (κ1) is 6.48. The Morgan fingerprint density at radius 1 is 1.36 bits per heavy atom. The van der Waals surface area contributed by atoms with Crippen LogP contribution in [-0.4, -0.2) is 8.75 Å². The number of fused-ring (bicyclic) bond motifs is 1. The third kappa shape index (κ3) is 0.848. The van der Waals surface area contributed by atoms with E-state index in [2.05, 4.69) is 8.75 Å². The number of hydrogen-bond donors (Lipinski definition) is 1. The molecule has 0 spiro atoms. The summed E-state index contributed by atoms with van der Waals surface area (Å²) in [6, 6.07) is 2.85. The van der Waals surface area contributed by atoms with Gasteiger partial charge < -0.3 is 5.73 Å². The molecule has 2 aromatic rings. The SMILES string of the molecule is Nc1c(F)ccc2nsnc12. The third-order valence-corrected chi connectivity index (χ3v) is 1.96. The zero-order chi connectivity index (χ0) is 7.84. The largest absolute Gasteiger partial charge is 0.394 e. The van der Waals surface area contributed by atoms with Crippen molar-refractivity contribution < 1.29 is 4.39 Å². The second-order valence-corrected chi connectivity index (χ2v) is 2.62. The highest BCUT2D eigenvalue weighted by atomic mass is 32.1. The van der Waals surface area contributed by atoms with Crippen LogP contribution in [-0.2, 0) is 0 Å². The normalized spacial score (nSPS) is 10.6. The average Bonchev–Trinajstić information content (AvgIpc) is 2.45. The van der Waals surface area contributed by atoms with E-state index >= 15 is 0 Å². The van der Waals surface area contributed by atoms with Gasteiger partial charge in [0.1, 0.15) is 16.9 Å². The molecule has 56 valence electrons. The first-order valence-corrected chi connectivity index (χ1v) is 3.68. The van der Waals surface area contributed by atoms with Crippen LogP contribution < -0.4 is 5.73 Å². The van der Waals surface area contributed by atoms with Gasteiger partial charge in [-0.1, -0.05) is 0 Å². The number of nitrogens with two attached hydrogens (primary N) is 1. The van der Waals surface area contributed by atoms with Crippen LogP contribution in [0.4, 0.5) is 10.1 Å². The number of benzene rings is 1. The number of aromatic nitrogens is 2. The van der Waals surface area contributed by atoms with Gasteiger partial charge in [-0.3, -0.25) is 0 Å². The van der Waals surface area contributed by atoms with Gasteiger partial charge in [0, 0.05) is 0 Å². The molecule has 2 rings (SSSR count). The van der Waals surface area contributed by atoms with E-state index < -0.39 is 5.82 Å². The van der Waals surface area contributed by atoms with Crippen LogP contribution in [0.2, 0.25) is 0 Å². The number of halogens is 1. The Kier molecular flexibility index (Phi) is 1.25. The van der Waals surface area contributed by atoms with Crippen LogP contribution in [0, 0.1) is 5.82 Å². The van der Waals surface area contributed by atoms with Crippen molar-refractivity contribution in [3.63, 3.8) is 0 Å². The summed E-state index contributed by atoms with van der Waals surface area (Å²) in [5.74, 6) is -0.440. The van der Waals surface area contributed by atoms with Crippen LogP contribution in [0.1, 0.15) is 0 Å². The molecule has 0 atom stereocenters. The highest BCUT2D eigenvalue weighted by molar-refractivity contribution is 7.00. The van der Waals surface area contributed by atoms with Crippen LogP contribution in [0.3, 0.4) is 0 Å². The minimum atomic E-state index is -0.440. The van der Waals surface area contributed by atoms with Crippen LogP contribution in [0.25, 0.3) is 11.0 Å². The molecule has 11 heavy (non-hydrogen) atoms. The van der Waals surface area contributed by atoms with E-state index in [-0.39, 0.29) is 5.69 Å². The zero-order valence-electron chi connectivity index (χ0n) is 5.41. The molecule has 0 bridgehead atoms. The third-order valence-electron chi connectivity index (χ3n) is 1.41. The van der Waals surface area contributed by atoms with E-state index in [9.17, 15) is 4.39 Å². The van der Waals surface area contributed by atoms with Gasteiger partial charge in [0.2, 0.25) is 0 Å². The van der Waals surface area contributed by atoms with E-state index in [0.29, 0.717) is 11.0 Å². The minimum Gasteiger partial charge on any atom is -0.394 e. The molecule has 0 radical (unpaired) electrons. The monoisotopic (exact) mass is 169 g/mol. The van der Waals surface area contributed by atoms with Gasteiger partial charge in [0.25, 0.3) is 0 Å². The van der Waals surface area contributed by atoms with Gasteiger partial charge in [-0.05, 0) is 12.1 Å². The Labute approximate surface area is 66.0 Å². The van der Waals surface area contributed by atoms with E-state index in [4.69, 9.17) is 5.73 Å². The fraction of sp³-hybridized carbons (Fsp3) is 0. The molecule has 0 saturated carbocycles. The molecule has 0 aliphatic rings. The molecule has 0 aliphatic heterocycles. The van der Waals surface area contributed by atoms with Crippen LogP contribution >= 0.6 is 11.7 Å². The highest BCUT2D eigenvalue weighted by Crippen LogP contribution is 2.21. The van der Waals surface area contributed by atoms with Gasteiger partial charge in [-0.25, -0.2) is 4.39 Å². The van der Waals surface area contributed by atoms with Gasteiger partial charge in [0.15, 0.2) is 0 Å². The molecular weight excluding hydrogens is 165 g/mol. The molecule has 5 heteroatoms. The van der Waals surface area contributed by atoms with Crippen molar-refractivity contribution in [1.82, 2.24) is 8.75 Å². The molecule has 0 aliphatic carbocycles. The van der Waals surface area contributed by atoms with Crippen molar-refractivity contribution >= 4 is 28.4 Å². The number of rotatable bonds is 0. The van der Waals surface area contributed by atoms with Crippen molar-refractivity contribution in [2.45, 2.75) is 0 Å². The Morgan fingerprint density at radius 2 is 2.18 bits per heavy atom. The van der Waals surface area contributed by atoms with Crippen molar-refractivity contribution in [3.8, 4) is 0 Å². The smallest absolute Gasteiger partial charge is 0.148 e. The summed E-state index contributed by atoms with van der Waals surface area (Å²) >= 11 is 1.03. The summed E-state index contributed by atoms with van der Waals surface area (Å²) in [5, 5.41) is 0. The predicted octanol–water partition coefficient (Wildman–Crippen LogP) is 1.41. The number of anilines is 1. The van der Waals surface area contributed by atoms with Crippen molar-refractivity contribution in [2.24, 2.45) is 0 Å². The summed E-state index contributed by atoms with van der Waals surface area (Å²) < 4.78 is 20.5. The maximum atomic E-state index is 12.7. The van der Waals surface area contributed by atoms with E-state index in [1.807, 2.05) is 0 Å². The summed E-state index contributed by atoms with van der Waals surface area (Å²) in [5.41, 5.74) is 6.57. The quantitative estimate of drug-likeness (QED) is 0.606. The Morgan fingerprint density at radius 3 is 3.00 bits per heavy atom. The fourth-order valence-corrected chi connectivity index (χ4v) is 1.40. The van der Waals surface area contributed by atoms with Crippen molar-refractivity contribution in [1.29, 1.82) is 0 Å². The van der Waals surface area contributed by atoms with Gasteiger partial charge in [0.05, 0.1) is 17.4 Å². The maximum Gasteiger partial charge on any atom is 0.148 e. The minimum absolute atomic E-state index is 0.0799. The van der Waals surface area contributed by atoms with Gasteiger partial charge in [-0.2, -0.15) is 8.75 Å². The van der Waals surface area contributed by atoms with E-state index in [1.54, 1.807) is 6.07 Å². The summed E-state index contributed by atoms with van der Waals surface area (Å²) in [6.45, 7) is 0. The Bertz CT molecular complexity index is 398. The highest BCUT2D eigenvalue weighted by Gasteiger charge is 2.06. The fourth-order valence-electron chi connectivity index (χ4n) is 0.847. The summed E-state index contributed by atoms with van der Waals surface area (Å²) in [6.07, 6.45) is 0. The summed E-state index contributed by atoms with van der Waals surface area (Å²) in [7, 11) is 0. The second kappa shape index (κ2) is 2.13. The van der Waals surface area contributed by atoms with Crippen LogP contribution in [0.5, 0.6) is 0 Å². The van der Waals surface area contributed by atoms with Crippen molar-refractivity contribution in [2.75, 3.05) is 5.73 Å². The Hall–Kier alpha value is -1.23. The molecule has 0 saturated heterocycles. The van der Waals surface area contributed by atoms with Gasteiger partial charge >= 0.3 is 0 Å². The number of hydrogen-bond acceptors (Lipinski definition) is 4. The lowest BCUT2D eigenvalue weighted by Crippen LogP contribution is -1.90. The molecule has 0 unspecified atom stereocenters. The molecule has 0 amide bonds. The molecule has 0 fully saturated rings.